The van der Waals surface area contributed by atoms with Gasteiger partial charge in [0.1, 0.15) is 5.82 Å². The van der Waals surface area contributed by atoms with Crippen LogP contribution >= 0.6 is 11.6 Å². The average Bonchev–Trinajstić information content (AvgIpc) is 2.74. The first-order chi connectivity index (χ1) is 7.68. The molecule has 84 valence electrons. The minimum absolute atomic E-state index is 0.151. The molecule has 1 aromatic carbocycles. The summed E-state index contributed by atoms with van der Waals surface area (Å²) in [5.74, 6) is -1.14. The Labute approximate surface area is 96.3 Å². The van der Waals surface area contributed by atoms with Gasteiger partial charge in [-0.1, -0.05) is 12.1 Å². The van der Waals surface area contributed by atoms with Gasteiger partial charge >= 0.3 is 0 Å². The first-order valence-electron chi connectivity index (χ1n) is 4.74. The summed E-state index contributed by atoms with van der Waals surface area (Å²) >= 11 is 6.01. The zero-order valence-corrected chi connectivity index (χ0v) is 9.01. The van der Waals surface area contributed by atoms with E-state index in [2.05, 4.69) is 9.97 Å². The first kappa shape index (κ1) is 11.1. The van der Waals surface area contributed by atoms with Gasteiger partial charge in [0.05, 0.1) is 5.38 Å². The number of hydrogen-bond acceptors (Lipinski definition) is 1. The number of benzene rings is 1. The monoisotopic (exact) mass is 242 g/mol. The molecule has 16 heavy (non-hydrogen) atoms. The largest absolute Gasteiger partial charge is 0.349 e. The van der Waals surface area contributed by atoms with Gasteiger partial charge in [-0.25, -0.2) is 13.8 Å². The number of rotatable bonds is 3. The van der Waals surface area contributed by atoms with Crippen LogP contribution in [0, 0.1) is 11.6 Å². The fourth-order valence-electron chi connectivity index (χ4n) is 1.45. The molecule has 0 saturated carbocycles. The van der Waals surface area contributed by atoms with Gasteiger partial charge in [0, 0.05) is 24.4 Å². The number of aromatic nitrogens is 2. The molecule has 2 aromatic rings. The van der Waals surface area contributed by atoms with E-state index in [9.17, 15) is 8.78 Å². The van der Waals surface area contributed by atoms with Crippen LogP contribution in [-0.2, 0) is 6.42 Å². The van der Waals surface area contributed by atoms with E-state index < -0.39 is 17.0 Å². The molecule has 1 atom stereocenters. The molecule has 5 heteroatoms. The van der Waals surface area contributed by atoms with Crippen molar-refractivity contribution in [3.63, 3.8) is 0 Å². The molecule has 0 radical (unpaired) electrons. The number of aromatic amines is 1. The van der Waals surface area contributed by atoms with E-state index in [1.165, 1.54) is 12.1 Å². The van der Waals surface area contributed by atoms with Crippen LogP contribution in [0.15, 0.2) is 30.6 Å². The molecular weight excluding hydrogens is 234 g/mol. The maximum Gasteiger partial charge on any atom is 0.163 e. The molecule has 0 amide bonds. The van der Waals surface area contributed by atoms with E-state index in [1.54, 1.807) is 12.4 Å². The molecule has 2 rings (SSSR count). The van der Waals surface area contributed by atoms with Crippen molar-refractivity contribution in [2.24, 2.45) is 0 Å². The fourth-order valence-corrected chi connectivity index (χ4v) is 1.77. The Balaban J connectivity index is 2.21. The zero-order chi connectivity index (χ0) is 11.5. The second kappa shape index (κ2) is 4.61. The summed E-state index contributed by atoms with van der Waals surface area (Å²) < 4.78 is 26.4. The molecule has 1 aromatic heterocycles. The van der Waals surface area contributed by atoms with Gasteiger partial charge in [0.15, 0.2) is 11.6 Å². The lowest BCUT2D eigenvalue weighted by Gasteiger charge is -2.09. The van der Waals surface area contributed by atoms with Gasteiger partial charge in [-0.05, 0) is 6.07 Å². The normalized spacial score (nSPS) is 12.7. The molecule has 0 bridgehead atoms. The predicted octanol–water partition coefficient (Wildman–Crippen LogP) is 3.21. The van der Waals surface area contributed by atoms with Gasteiger partial charge in [0.2, 0.25) is 0 Å². The van der Waals surface area contributed by atoms with Crippen LogP contribution in [0.4, 0.5) is 8.78 Å². The number of H-pyrrole nitrogens is 1. The minimum Gasteiger partial charge on any atom is -0.349 e. The summed E-state index contributed by atoms with van der Waals surface area (Å²) in [6.45, 7) is 0. The van der Waals surface area contributed by atoms with Crippen molar-refractivity contribution in [2.45, 2.75) is 11.8 Å². The molecule has 0 aliphatic carbocycles. The van der Waals surface area contributed by atoms with Crippen LogP contribution in [0.25, 0.3) is 0 Å². The highest BCUT2D eigenvalue weighted by Gasteiger charge is 2.17. The number of nitrogens with one attached hydrogen (secondary N) is 1. The van der Waals surface area contributed by atoms with E-state index >= 15 is 0 Å². The second-order valence-corrected chi connectivity index (χ2v) is 3.88. The minimum atomic E-state index is -0.894. The van der Waals surface area contributed by atoms with Crippen LogP contribution < -0.4 is 0 Å². The number of nitrogens with zero attached hydrogens (tertiary/aromatic N) is 1. The lowest BCUT2D eigenvalue weighted by molar-refractivity contribution is 0.497. The molecule has 0 saturated heterocycles. The van der Waals surface area contributed by atoms with Crippen molar-refractivity contribution in [3.8, 4) is 0 Å². The third-order valence-corrected chi connectivity index (χ3v) is 2.64. The second-order valence-electron chi connectivity index (χ2n) is 3.35. The van der Waals surface area contributed by atoms with E-state index in [-0.39, 0.29) is 5.56 Å². The van der Waals surface area contributed by atoms with Crippen LogP contribution in [-0.4, -0.2) is 9.97 Å². The van der Waals surface area contributed by atoms with Crippen LogP contribution in [0.3, 0.4) is 0 Å². The lowest BCUT2D eigenvalue weighted by Crippen LogP contribution is -2.02. The van der Waals surface area contributed by atoms with Crippen molar-refractivity contribution in [2.75, 3.05) is 0 Å². The maximum atomic E-state index is 13.4. The molecule has 0 fully saturated rings. The van der Waals surface area contributed by atoms with Crippen LogP contribution in [0.1, 0.15) is 16.8 Å². The molecule has 0 spiro atoms. The fraction of sp³-hybridized carbons (Fsp3) is 0.182. The highest BCUT2D eigenvalue weighted by atomic mass is 35.5. The number of hydrogen-bond donors (Lipinski definition) is 1. The average molecular weight is 243 g/mol. The van der Waals surface area contributed by atoms with Gasteiger partial charge in [0.25, 0.3) is 0 Å². The van der Waals surface area contributed by atoms with E-state index in [4.69, 9.17) is 11.6 Å². The van der Waals surface area contributed by atoms with Crippen molar-refractivity contribution in [1.82, 2.24) is 9.97 Å². The number of halogens is 3. The predicted molar refractivity (Wildman–Crippen MR) is 57.2 cm³/mol. The summed E-state index contributed by atoms with van der Waals surface area (Å²) in [4.78, 5) is 6.84. The summed E-state index contributed by atoms with van der Waals surface area (Å²) in [6, 6.07) is 3.97. The summed E-state index contributed by atoms with van der Waals surface area (Å²) in [6.07, 6.45) is 3.57. The van der Waals surface area contributed by atoms with Crippen molar-refractivity contribution >= 4 is 11.6 Å². The highest BCUT2D eigenvalue weighted by molar-refractivity contribution is 6.20. The molecule has 2 nitrogen and oxygen atoms in total. The summed E-state index contributed by atoms with van der Waals surface area (Å²) in [5, 5.41) is -0.637. The number of imidazole rings is 1. The maximum absolute atomic E-state index is 13.4. The zero-order valence-electron chi connectivity index (χ0n) is 8.25. The Morgan fingerprint density at radius 3 is 2.88 bits per heavy atom. The van der Waals surface area contributed by atoms with Gasteiger partial charge in [-0.15, -0.1) is 11.6 Å². The van der Waals surface area contributed by atoms with Crippen LogP contribution in [0.5, 0.6) is 0 Å². The molecule has 1 unspecified atom stereocenters. The molecule has 1 heterocycles. The van der Waals surface area contributed by atoms with Gasteiger partial charge in [-0.2, -0.15) is 0 Å². The van der Waals surface area contributed by atoms with E-state index in [0.29, 0.717) is 12.2 Å². The molecule has 1 N–H and O–H groups in total. The van der Waals surface area contributed by atoms with E-state index in [0.717, 1.165) is 6.07 Å². The Morgan fingerprint density at radius 1 is 1.38 bits per heavy atom. The van der Waals surface area contributed by atoms with Crippen molar-refractivity contribution < 1.29 is 8.78 Å². The first-order valence-corrected chi connectivity index (χ1v) is 5.18. The standard InChI is InChI=1S/C11H9ClF2N2/c12-8(6-10-15-4-5-16-10)7-2-1-3-9(13)11(7)14/h1-5,8H,6H2,(H,15,16). The molecular formula is C11H9ClF2N2. The Kier molecular flexibility index (Phi) is 3.19. The Morgan fingerprint density at radius 2 is 2.19 bits per heavy atom. The van der Waals surface area contributed by atoms with E-state index in [1.807, 2.05) is 0 Å². The van der Waals surface area contributed by atoms with Crippen LogP contribution in [0.2, 0.25) is 0 Å². The summed E-state index contributed by atoms with van der Waals surface area (Å²) in [5.41, 5.74) is 0.151. The summed E-state index contributed by atoms with van der Waals surface area (Å²) in [7, 11) is 0. The number of alkyl halides is 1. The Bertz CT molecular complexity index is 471. The van der Waals surface area contributed by atoms with Gasteiger partial charge < -0.3 is 4.98 Å². The molecule has 0 aliphatic heterocycles. The SMILES string of the molecule is Fc1cccc(C(Cl)Cc2ncc[nH]2)c1F. The quantitative estimate of drug-likeness (QED) is 0.823. The smallest absolute Gasteiger partial charge is 0.163 e. The van der Waals surface area contributed by atoms with Crippen molar-refractivity contribution in [1.29, 1.82) is 0 Å². The lowest BCUT2D eigenvalue weighted by atomic mass is 10.1. The topological polar surface area (TPSA) is 28.7 Å². The third-order valence-electron chi connectivity index (χ3n) is 2.25. The highest BCUT2D eigenvalue weighted by Crippen LogP contribution is 2.27. The van der Waals surface area contributed by atoms with Gasteiger partial charge in [-0.3, -0.25) is 0 Å². The third kappa shape index (κ3) is 2.22. The molecule has 0 aliphatic rings. The van der Waals surface area contributed by atoms with Crippen molar-refractivity contribution in [3.05, 3.63) is 53.6 Å². The Hall–Kier alpha value is -1.42.